The SMILES string of the molecule is NC(=O)C(N)CS.O=C(O)c1cc2cc(F)c(O)c(F)c2oc1=O. The van der Waals surface area contributed by atoms with Crippen LogP contribution in [0.25, 0.3) is 11.0 Å². The van der Waals surface area contributed by atoms with Crippen LogP contribution in [0.1, 0.15) is 10.4 Å². The average Bonchev–Trinajstić information content (AvgIpc) is 2.52. The minimum Gasteiger partial charge on any atom is -0.503 e. The molecule has 0 aliphatic carbocycles. The molecule has 1 heterocycles. The molecule has 0 saturated heterocycles. The molecule has 6 N–H and O–H groups in total. The zero-order valence-electron chi connectivity index (χ0n) is 11.8. The maximum Gasteiger partial charge on any atom is 0.351 e. The number of rotatable bonds is 3. The molecule has 24 heavy (non-hydrogen) atoms. The standard InChI is InChI=1S/C10H4F2O5.C3H8N2OS/c11-5-2-3-1-4(9(14)15)10(16)17-8(3)6(12)7(5)13;4-2(1-7)3(5)6/h1-2,13H,(H,14,15);2,7H,1,4H2,(H2,5,6). The number of aromatic carboxylic acids is 1. The molecular weight excluding hydrogens is 350 g/mol. The van der Waals surface area contributed by atoms with E-state index >= 15 is 0 Å². The van der Waals surface area contributed by atoms with Crippen molar-refractivity contribution >= 4 is 35.5 Å². The second kappa shape index (κ2) is 7.75. The molecule has 0 aliphatic rings. The van der Waals surface area contributed by atoms with E-state index in [1.807, 2.05) is 0 Å². The largest absolute Gasteiger partial charge is 0.503 e. The molecular formula is C13H12F2N2O6S. The molecule has 11 heteroatoms. The van der Waals surface area contributed by atoms with Gasteiger partial charge >= 0.3 is 11.6 Å². The van der Waals surface area contributed by atoms with Crippen LogP contribution in [0, 0.1) is 11.6 Å². The van der Waals surface area contributed by atoms with Gasteiger partial charge in [0.15, 0.2) is 17.1 Å². The number of carboxylic acids is 1. The number of carbonyl (C=O) groups excluding carboxylic acids is 1. The third-order valence-corrected chi connectivity index (χ3v) is 3.08. The van der Waals surface area contributed by atoms with Gasteiger partial charge in [-0.1, -0.05) is 0 Å². The van der Waals surface area contributed by atoms with Crippen molar-refractivity contribution in [3.63, 3.8) is 0 Å². The quantitative estimate of drug-likeness (QED) is 0.386. The number of amides is 1. The zero-order chi connectivity index (χ0) is 18.6. The van der Waals surface area contributed by atoms with Crippen LogP contribution in [0.2, 0.25) is 0 Å². The van der Waals surface area contributed by atoms with Gasteiger partial charge in [0.2, 0.25) is 11.7 Å². The van der Waals surface area contributed by atoms with Gasteiger partial charge in [0.25, 0.3) is 0 Å². The smallest absolute Gasteiger partial charge is 0.351 e. The molecule has 0 aliphatic heterocycles. The molecule has 8 nitrogen and oxygen atoms in total. The average molecular weight is 362 g/mol. The van der Waals surface area contributed by atoms with Crippen molar-refractivity contribution < 1.29 is 33.0 Å². The summed E-state index contributed by atoms with van der Waals surface area (Å²) in [5.74, 6) is -5.78. The van der Waals surface area contributed by atoms with Gasteiger partial charge < -0.3 is 26.1 Å². The Labute approximate surface area is 138 Å². The third kappa shape index (κ3) is 4.20. The Hall–Kier alpha value is -2.66. The van der Waals surface area contributed by atoms with Crippen LogP contribution >= 0.6 is 12.6 Å². The number of phenolic OH excluding ortho intramolecular Hbond substituents is 1. The predicted molar refractivity (Wildman–Crippen MR) is 82.0 cm³/mol. The summed E-state index contributed by atoms with van der Waals surface area (Å²) in [4.78, 5) is 31.7. The molecule has 0 bridgehead atoms. The number of primary amides is 1. The number of benzene rings is 1. The number of phenols is 1. The van der Waals surface area contributed by atoms with Crippen molar-refractivity contribution in [2.75, 3.05) is 5.75 Å². The summed E-state index contributed by atoms with van der Waals surface area (Å²) in [7, 11) is 0. The van der Waals surface area contributed by atoms with Crippen molar-refractivity contribution in [1.29, 1.82) is 0 Å². The van der Waals surface area contributed by atoms with Crippen LogP contribution in [0.15, 0.2) is 21.3 Å². The van der Waals surface area contributed by atoms with Crippen LogP contribution in [-0.4, -0.2) is 33.9 Å². The normalized spacial score (nSPS) is 11.5. The van der Waals surface area contributed by atoms with Gasteiger partial charge in [-0.2, -0.15) is 17.0 Å². The fourth-order valence-corrected chi connectivity index (χ4v) is 1.60. The number of nitrogens with two attached hydrogens (primary N) is 2. The van der Waals surface area contributed by atoms with Crippen molar-refractivity contribution in [2.24, 2.45) is 11.5 Å². The van der Waals surface area contributed by atoms with Crippen LogP contribution in [0.5, 0.6) is 5.75 Å². The first-order chi connectivity index (χ1) is 11.1. The van der Waals surface area contributed by atoms with E-state index in [1.54, 1.807) is 0 Å². The fourth-order valence-electron chi connectivity index (χ4n) is 1.42. The Morgan fingerprint density at radius 2 is 1.92 bits per heavy atom. The summed E-state index contributed by atoms with van der Waals surface area (Å²) in [6, 6.07) is 0.849. The highest BCUT2D eigenvalue weighted by atomic mass is 32.1. The number of thiol groups is 1. The van der Waals surface area contributed by atoms with Crippen molar-refractivity contribution in [3.8, 4) is 5.75 Å². The second-order valence-corrected chi connectivity index (χ2v) is 4.75. The van der Waals surface area contributed by atoms with Gasteiger partial charge in [0.05, 0.1) is 6.04 Å². The minimum atomic E-state index is -1.57. The molecule has 130 valence electrons. The monoisotopic (exact) mass is 362 g/mol. The number of carboxylic acid groups (broad SMARTS) is 1. The lowest BCUT2D eigenvalue weighted by Gasteiger charge is -2.02. The van der Waals surface area contributed by atoms with E-state index in [4.69, 9.17) is 21.7 Å². The lowest BCUT2D eigenvalue weighted by molar-refractivity contribution is -0.118. The molecule has 1 aromatic carbocycles. The summed E-state index contributed by atoms with van der Waals surface area (Å²) in [5.41, 5.74) is 7.07. The van der Waals surface area contributed by atoms with Crippen LogP contribution in [0.3, 0.4) is 0 Å². The van der Waals surface area contributed by atoms with E-state index in [0.717, 1.165) is 6.07 Å². The first-order valence-corrected chi connectivity index (χ1v) is 6.77. The summed E-state index contributed by atoms with van der Waals surface area (Å²) in [5, 5.41) is 17.3. The number of halogens is 2. The van der Waals surface area contributed by atoms with Crippen LogP contribution < -0.4 is 17.1 Å². The molecule has 0 radical (unpaired) electrons. The number of fused-ring (bicyclic) bond motifs is 1. The van der Waals surface area contributed by atoms with Crippen molar-refractivity contribution in [2.45, 2.75) is 6.04 Å². The molecule has 2 rings (SSSR count). The second-order valence-electron chi connectivity index (χ2n) is 4.38. The fraction of sp³-hybridized carbons (Fsp3) is 0.154. The van der Waals surface area contributed by atoms with Gasteiger partial charge in [-0.15, -0.1) is 0 Å². The molecule has 1 atom stereocenters. The molecule has 0 spiro atoms. The topological polar surface area (TPSA) is 157 Å². The Balaban J connectivity index is 0.000000351. The highest BCUT2D eigenvalue weighted by Crippen LogP contribution is 2.28. The first kappa shape index (κ1) is 19.4. The lowest BCUT2D eigenvalue weighted by atomic mass is 10.1. The van der Waals surface area contributed by atoms with E-state index in [9.17, 15) is 23.2 Å². The van der Waals surface area contributed by atoms with Crippen molar-refractivity contribution in [3.05, 3.63) is 39.8 Å². The Bertz CT molecular complexity index is 854. The summed E-state index contributed by atoms with van der Waals surface area (Å²) >= 11 is 3.73. The predicted octanol–water partition coefficient (Wildman–Crippen LogP) is 0.204. The van der Waals surface area contributed by atoms with Gasteiger partial charge in [-0.05, 0) is 12.1 Å². The summed E-state index contributed by atoms with van der Waals surface area (Å²) < 4.78 is 30.7. The van der Waals surface area contributed by atoms with Gasteiger partial charge in [0, 0.05) is 11.1 Å². The Kier molecular flexibility index (Phi) is 6.26. The van der Waals surface area contributed by atoms with Crippen LogP contribution in [-0.2, 0) is 4.79 Å². The lowest BCUT2D eigenvalue weighted by Crippen LogP contribution is -2.37. The Morgan fingerprint density at radius 1 is 1.33 bits per heavy atom. The van der Waals surface area contributed by atoms with E-state index in [-0.39, 0.29) is 5.39 Å². The zero-order valence-corrected chi connectivity index (χ0v) is 12.7. The van der Waals surface area contributed by atoms with E-state index in [2.05, 4.69) is 17.0 Å². The van der Waals surface area contributed by atoms with E-state index in [0.29, 0.717) is 11.8 Å². The molecule has 2 aromatic rings. The maximum absolute atomic E-state index is 13.3. The van der Waals surface area contributed by atoms with Gasteiger partial charge in [0.1, 0.15) is 5.56 Å². The molecule has 1 aromatic heterocycles. The number of hydrogen-bond acceptors (Lipinski definition) is 7. The van der Waals surface area contributed by atoms with Crippen molar-refractivity contribution in [1.82, 2.24) is 0 Å². The maximum atomic E-state index is 13.3. The highest BCUT2D eigenvalue weighted by Gasteiger charge is 2.19. The number of carbonyl (C=O) groups is 2. The number of hydrogen-bond donors (Lipinski definition) is 5. The molecule has 1 unspecified atom stereocenters. The summed E-state index contributed by atoms with van der Waals surface area (Å²) in [6.45, 7) is 0. The minimum absolute atomic E-state index is 0.269. The van der Waals surface area contributed by atoms with Gasteiger partial charge in [-0.3, -0.25) is 4.79 Å². The summed E-state index contributed by atoms with van der Waals surface area (Å²) in [6.07, 6.45) is 0. The molecule has 0 fully saturated rings. The highest BCUT2D eigenvalue weighted by molar-refractivity contribution is 7.80. The Morgan fingerprint density at radius 3 is 2.33 bits per heavy atom. The molecule has 1 amide bonds. The third-order valence-electron chi connectivity index (χ3n) is 2.68. The molecule has 0 saturated carbocycles. The first-order valence-electron chi connectivity index (χ1n) is 6.14. The van der Waals surface area contributed by atoms with Gasteiger partial charge in [-0.25, -0.2) is 14.0 Å². The number of aromatic hydroxyl groups is 1. The van der Waals surface area contributed by atoms with Crippen LogP contribution in [0.4, 0.5) is 8.78 Å². The van der Waals surface area contributed by atoms with E-state index in [1.165, 1.54) is 0 Å². The van der Waals surface area contributed by atoms with E-state index < -0.39 is 52.1 Å².